The summed E-state index contributed by atoms with van der Waals surface area (Å²) in [5.41, 5.74) is 2.64. The van der Waals surface area contributed by atoms with E-state index in [2.05, 4.69) is 41.3 Å². The van der Waals surface area contributed by atoms with Gasteiger partial charge >= 0.3 is 6.09 Å². The Hall–Kier alpha value is -3.18. The first kappa shape index (κ1) is 22.0. The van der Waals surface area contributed by atoms with Gasteiger partial charge in [0.2, 0.25) is 0 Å². The van der Waals surface area contributed by atoms with Gasteiger partial charge in [-0.15, -0.1) is 0 Å². The normalized spacial score (nSPS) is 16.7. The number of benzene rings is 2. The molecule has 1 aliphatic rings. The fourth-order valence-corrected chi connectivity index (χ4v) is 4.15. The third-order valence-corrected chi connectivity index (χ3v) is 5.57. The minimum atomic E-state index is -0.591. The molecule has 1 saturated heterocycles. The summed E-state index contributed by atoms with van der Waals surface area (Å²) in [6.45, 7) is 7.61. The van der Waals surface area contributed by atoms with Crippen LogP contribution in [0.5, 0.6) is 0 Å². The van der Waals surface area contributed by atoms with Crippen LogP contribution in [-0.4, -0.2) is 28.1 Å². The van der Waals surface area contributed by atoms with Crippen LogP contribution in [0, 0.1) is 0 Å². The summed E-state index contributed by atoms with van der Waals surface area (Å²) in [7, 11) is 0. The molecular formula is C27H31N3O2. The Morgan fingerprint density at radius 1 is 1.03 bits per heavy atom. The molecular weight excluding hydrogens is 398 g/mol. The summed E-state index contributed by atoms with van der Waals surface area (Å²) in [5.74, 6) is 0.557. The van der Waals surface area contributed by atoms with Crippen LogP contribution < -0.4 is 4.90 Å². The predicted octanol–water partition coefficient (Wildman–Crippen LogP) is 6.49. The van der Waals surface area contributed by atoms with E-state index in [-0.39, 0.29) is 0 Å². The highest BCUT2D eigenvalue weighted by Crippen LogP contribution is 2.34. The maximum atomic E-state index is 13.0. The van der Waals surface area contributed by atoms with Gasteiger partial charge in [0.15, 0.2) is 0 Å². The van der Waals surface area contributed by atoms with Crippen molar-refractivity contribution in [2.45, 2.75) is 51.8 Å². The fourth-order valence-electron chi connectivity index (χ4n) is 4.15. The topological polar surface area (TPSA) is 45.7 Å². The van der Waals surface area contributed by atoms with E-state index in [0.717, 1.165) is 25.2 Å². The van der Waals surface area contributed by atoms with Crippen LogP contribution in [0.15, 0.2) is 79.0 Å². The second-order valence-electron chi connectivity index (χ2n) is 9.22. The van der Waals surface area contributed by atoms with Gasteiger partial charge in [-0.25, -0.2) is 14.7 Å². The van der Waals surface area contributed by atoms with Crippen LogP contribution in [-0.2, 0) is 11.3 Å². The number of hydrogen-bond donors (Lipinski definition) is 0. The van der Waals surface area contributed by atoms with Gasteiger partial charge in [0.05, 0.1) is 5.69 Å². The molecule has 1 aromatic heterocycles. The summed E-state index contributed by atoms with van der Waals surface area (Å²) in [5, 5.41) is 0. The Bertz CT molecular complexity index is 1010. The lowest BCUT2D eigenvalue weighted by atomic mass is 10.1. The van der Waals surface area contributed by atoms with Crippen molar-refractivity contribution < 1.29 is 9.53 Å². The molecule has 0 N–H and O–H groups in total. The zero-order valence-corrected chi connectivity index (χ0v) is 19.1. The van der Waals surface area contributed by atoms with Crippen molar-refractivity contribution in [1.82, 2.24) is 9.88 Å². The van der Waals surface area contributed by atoms with Crippen LogP contribution in [0.25, 0.3) is 0 Å². The first-order valence-electron chi connectivity index (χ1n) is 11.2. The van der Waals surface area contributed by atoms with E-state index in [4.69, 9.17) is 9.72 Å². The van der Waals surface area contributed by atoms with Crippen molar-refractivity contribution in [2.75, 3.05) is 11.4 Å². The molecule has 4 rings (SSSR count). The number of hydrogen-bond acceptors (Lipinski definition) is 4. The highest BCUT2D eigenvalue weighted by atomic mass is 16.6. The van der Waals surface area contributed by atoms with E-state index in [1.165, 1.54) is 22.4 Å². The molecule has 32 heavy (non-hydrogen) atoms. The number of ether oxygens (including phenoxy) is 1. The highest BCUT2D eigenvalue weighted by Gasteiger charge is 2.28. The van der Waals surface area contributed by atoms with Crippen molar-refractivity contribution in [2.24, 2.45) is 0 Å². The number of amides is 1. The number of aromatic nitrogens is 1. The van der Waals surface area contributed by atoms with Crippen LogP contribution in [0.1, 0.15) is 50.8 Å². The van der Waals surface area contributed by atoms with E-state index in [1.54, 1.807) is 0 Å². The summed E-state index contributed by atoms with van der Waals surface area (Å²) < 4.78 is 5.66. The van der Waals surface area contributed by atoms with Crippen molar-refractivity contribution in [3.8, 4) is 0 Å². The van der Waals surface area contributed by atoms with Crippen molar-refractivity contribution >= 4 is 17.6 Å². The number of carbonyl (C=O) groups is 1. The van der Waals surface area contributed by atoms with Crippen LogP contribution >= 0.6 is 0 Å². The Labute approximate surface area is 190 Å². The third-order valence-electron chi connectivity index (χ3n) is 5.57. The first-order valence-corrected chi connectivity index (χ1v) is 11.2. The molecule has 5 nitrogen and oxygen atoms in total. The number of carbonyl (C=O) groups excluding carboxylic acids is 1. The number of pyridine rings is 1. The van der Waals surface area contributed by atoms with Gasteiger partial charge in [-0.2, -0.15) is 0 Å². The Balaban J connectivity index is 1.56. The van der Waals surface area contributed by atoms with Gasteiger partial charge in [0, 0.05) is 18.8 Å². The lowest BCUT2D eigenvalue weighted by Gasteiger charge is -2.28. The average molecular weight is 430 g/mol. The van der Waals surface area contributed by atoms with Gasteiger partial charge < -0.3 is 4.74 Å². The van der Waals surface area contributed by atoms with Gasteiger partial charge in [0.1, 0.15) is 11.4 Å². The molecule has 2 heterocycles. The Morgan fingerprint density at radius 3 is 2.34 bits per heavy atom. The summed E-state index contributed by atoms with van der Waals surface area (Å²) in [6.07, 6.45) is 3.76. The van der Waals surface area contributed by atoms with Crippen LogP contribution in [0.2, 0.25) is 0 Å². The molecule has 166 valence electrons. The van der Waals surface area contributed by atoms with E-state index in [9.17, 15) is 4.79 Å². The minimum Gasteiger partial charge on any atom is -0.443 e. The van der Waals surface area contributed by atoms with E-state index < -0.39 is 11.7 Å². The molecule has 0 aliphatic carbocycles. The van der Waals surface area contributed by atoms with Gasteiger partial charge in [-0.3, -0.25) is 4.90 Å². The van der Waals surface area contributed by atoms with Crippen LogP contribution in [0.3, 0.4) is 0 Å². The van der Waals surface area contributed by atoms with Crippen molar-refractivity contribution in [3.63, 3.8) is 0 Å². The zero-order chi connectivity index (χ0) is 22.6. The Kier molecular flexibility index (Phi) is 6.56. The average Bonchev–Trinajstić information content (AvgIpc) is 3.23. The smallest absolute Gasteiger partial charge is 0.420 e. The number of nitrogens with zero attached hydrogens (tertiary/aromatic N) is 3. The van der Waals surface area contributed by atoms with Crippen molar-refractivity contribution in [3.05, 3.63) is 90.1 Å². The monoisotopic (exact) mass is 429 g/mol. The predicted molar refractivity (Wildman–Crippen MR) is 128 cm³/mol. The van der Waals surface area contributed by atoms with Gasteiger partial charge in [0.25, 0.3) is 0 Å². The first-order chi connectivity index (χ1) is 15.4. The largest absolute Gasteiger partial charge is 0.443 e. The molecule has 0 spiro atoms. The molecule has 0 bridgehead atoms. The van der Waals surface area contributed by atoms with E-state index in [1.807, 2.05) is 63.4 Å². The highest BCUT2D eigenvalue weighted by molar-refractivity contribution is 5.95. The second kappa shape index (κ2) is 9.53. The molecule has 0 saturated carbocycles. The lowest BCUT2D eigenvalue weighted by Crippen LogP contribution is -2.34. The molecule has 1 fully saturated rings. The fraction of sp³-hybridized carbons (Fsp3) is 0.333. The molecule has 0 unspecified atom stereocenters. The second-order valence-corrected chi connectivity index (χ2v) is 9.22. The SMILES string of the molecule is CC(C)(C)OC(=O)N(c1ccccc1)c1ccc([C@@H]2CCCN2Cc2ccccc2)cn1. The quantitative estimate of drug-likeness (QED) is 0.465. The number of rotatable bonds is 5. The van der Waals surface area contributed by atoms with E-state index in [0.29, 0.717) is 11.9 Å². The number of para-hydroxylation sites is 1. The molecule has 1 aliphatic heterocycles. The summed E-state index contributed by atoms with van der Waals surface area (Å²) in [4.78, 5) is 21.7. The van der Waals surface area contributed by atoms with Crippen molar-refractivity contribution in [1.29, 1.82) is 0 Å². The zero-order valence-electron chi connectivity index (χ0n) is 19.1. The molecule has 3 aromatic rings. The lowest BCUT2D eigenvalue weighted by molar-refractivity contribution is 0.0598. The molecule has 1 atom stereocenters. The van der Waals surface area contributed by atoms with Gasteiger partial charge in [-0.1, -0.05) is 54.6 Å². The Morgan fingerprint density at radius 2 is 1.72 bits per heavy atom. The molecule has 2 aromatic carbocycles. The maximum absolute atomic E-state index is 13.0. The molecule has 1 amide bonds. The standard InChI is InChI=1S/C27H31N3O2/c1-27(2,3)32-26(31)30(23-13-8-5-9-14-23)25-17-16-22(19-28-25)24-15-10-18-29(24)20-21-11-6-4-7-12-21/h4-9,11-14,16-17,19,24H,10,15,18,20H2,1-3H3/t24-/m0/s1. The molecule has 0 radical (unpaired) electrons. The number of anilines is 2. The summed E-state index contributed by atoms with van der Waals surface area (Å²) >= 11 is 0. The molecule has 5 heteroatoms. The maximum Gasteiger partial charge on any atom is 0.420 e. The van der Waals surface area contributed by atoms with Gasteiger partial charge in [-0.05, 0) is 69.5 Å². The van der Waals surface area contributed by atoms with E-state index >= 15 is 0 Å². The third kappa shape index (κ3) is 5.35. The minimum absolute atomic E-state index is 0.337. The van der Waals surface area contributed by atoms with Crippen LogP contribution in [0.4, 0.5) is 16.3 Å². The summed E-state index contributed by atoms with van der Waals surface area (Å²) in [6, 6.07) is 24.4. The number of likely N-dealkylation sites (tertiary alicyclic amines) is 1.